The van der Waals surface area contributed by atoms with Crippen molar-refractivity contribution >= 4 is 22.8 Å². The number of amides is 2. The van der Waals surface area contributed by atoms with Crippen molar-refractivity contribution in [2.24, 2.45) is 14.1 Å². The van der Waals surface area contributed by atoms with Gasteiger partial charge in [0.1, 0.15) is 12.0 Å². The second-order valence-electron chi connectivity index (χ2n) is 6.20. The van der Waals surface area contributed by atoms with Crippen molar-refractivity contribution in [1.29, 1.82) is 0 Å². The molecule has 0 spiro atoms. The number of aryl methyl sites for hydroxylation is 3. The zero-order valence-corrected chi connectivity index (χ0v) is 14.9. The Morgan fingerprint density at radius 3 is 2.52 bits per heavy atom. The number of fused-ring (bicyclic) bond motifs is 1. The molecule has 0 bridgehead atoms. The zero-order valence-electron chi connectivity index (χ0n) is 14.9. The van der Waals surface area contributed by atoms with E-state index in [0.29, 0.717) is 11.4 Å². The number of rotatable bonds is 3. The maximum atomic E-state index is 12.6. The van der Waals surface area contributed by atoms with E-state index in [0.717, 1.165) is 16.6 Å². The number of carbonyl (C=O) groups is 1. The van der Waals surface area contributed by atoms with E-state index >= 15 is 0 Å². The van der Waals surface area contributed by atoms with Crippen molar-refractivity contribution in [1.82, 2.24) is 19.2 Å². The molecule has 8 heteroatoms. The lowest BCUT2D eigenvalue weighted by Crippen LogP contribution is -2.34. The molecule has 0 radical (unpaired) electrons. The maximum absolute atomic E-state index is 12.6. The van der Waals surface area contributed by atoms with E-state index in [2.05, 4.69) is 10.5 Å². The highest BCUT2D eigenvalue weighted by molar-refractivity contribution is 5.93. The lowest BCUT2D eigenvalue weighted by Gasteiger charge is -2.24. The fourth-order valence-corrected chi connectivity index (χ4v) is 2.80. The molecule has 1 atom stereocenters. The minimum Gasteiger partial charge on any atom is -0.364 e. The van der Waals surface area contributed by atoms with Gasteiger partial charge in [0.15, 0.2) is 0 Å². The van der Waals surface area contributed by atoms with Crippen LogP contribution in [0.15, 0.2) is 33.8 Å². The Morgan fingerprint density at radius 2 is 1.92 bits per heavy atom. The lowest BCUT2D eigenvalue weighted by atomic mass is 10.1. The van der Waals surface area contributed by atoms with Gasteiger partial charge in [-0.15, -0.1) is 0 Å². The molecular formula is C17H21N5O3. The van der Waals surface area contributed by atoms with E-state index in [-0.39, 0.29) is 17.8 Å². The first-order chi connectivity index (χ1) is 11.8. The van der Waals surface area contributed by atoms with Crippen molar-refractivity contribution in [3.63, 3.8) is 0 Å². The molecule has 1 unspecified atom stereocenters. The number of hydrogen-bond donors (Lipinski definition) is 1. The van der Waals surface area contributed by atoms with E-state index in [9.17, 15) is 9.59 Å². The molecule has 2 amide bonds. The first-order valence-corrected chi connectivity index (χ1v) is 7.91. The fraction of sp³-hybridized carbons (Fsp3) is 0.353. The standard InChI is InChI=1S/C17H21N5O3/c1-10-8-14-15(22(5)17(24)21(14)4)9-13(10)18-16(23)20(3)11(2)12-6-7-25-19-12/h6-9,11H,1-5H3,(H,18,23). The maximum Gasteiger partial charge on any atom is 0.328 e. The normalized spacial score (nSPS) is 12.4. The van der Waals surface area contributed by atoms with Crippen LogP contribution < -0.4 is 11.0 Å². The van der Waals surface area contributed by atoms with Crippen molar-refractivity contribution < 1.29 is 9.32 Å². The zero-order chi connectivity index (χ0) is 18.3. The summed E-state index contributed by atoms with van der Waals surface area (Å²) in [4.78, 5) is 26.2. The van der Waals surface area contributed by atoms with Gasteiger partial charge in [-0.25, -0.2) is 9.59 Å². The number of aromatic nitrogens is 3. The lowest BCUT2D eigenvalue weighted by molar-refractivity contribution is 0.206. The molecule has 0 aliphatic carbocycles. The number of carbonyl (C=O) groups excluding carboxylic acids is 1. The molecule has 132 valence electrons. The molecule has 3 aromatic rings. The van der Waals surface area contributed by atoms with E-state index in [1.165, 1.54) is 6.26 Å². The van der Waals surface area contributed by atoms with Gasteiger partial charge in [0.2, 0.25) is 0 Å². The van der Waals surface area contributed by atoms with E-state index in [1.807, 2.05) is 26.0 Å². The van der Waals surface area contributed by atoms with Crippen LogP contribution in [0.2, 0.25) is 0 Å². The molecule has 0 saturated heterocycles. The number of nitrogens with zero attached hydrogens (tertiary/aromatic N) is 4. The number of nitrogens with one attached hydrogen (secondary N) is 1. The van der Waals surface area contributed by atoms with Gasteiger partial charge in [-0.3, -0.25) is 9.13 Å². The topological polar surface area (TPSA) is 85.3 Å². The van der Waals surface area contributed by atoms with Crippen LogP contribution in [-0.4, -0.2) is 32.3 Å². The molecule has 2 heterocycles. The van der Waals surface area contributed by atoms with Gasteiger partial charge in [0.05, 0.1) is 17.1 Å². The molecule has 0 saturated carbocycles. The van der Waals surface area contributed by atoms with E-state index in [1.54, 1.807) is 41.2 Å². The summed E-state index contributed by atoms with van der Waals surface area (Å²) in [7, 11) is 5.14. The molecule has 2 aromatic heterocycles. The van der Waals surface area contributed by atoms with E-state index < -0.39 is 0 Å². The molecule has 25 heavy (non-hydrogen) atoms. The predicted molar refractivity (Wildman–Crippen MR) is 94.6 cm³/mol. The van der Waals surface area contributed by atoms with Crippen molar-refractivity contribution in [3.8, 4) is 0 Å². The molecule has 0 fully saturated rings. The summed E-state index contributed by atoms with van der Waals surface area (Å²) in [5.74, 6) is 0. The molecule has 1 aromatic carbocycles. The summed E-state index contributed by atoms with van der Waals surface area (Å²) >= 11 is 0. The summed E-state index contributed by atoms with van der Waals surface area (Å²) in [5.41, 5.74) is 3.71. The van der Waals surface area contributed by atoms with Crippen molar-refractivity contribution in [3.05, 3.63) is 46.2 Å². The molecule has 8 nitrogen and oxygen atoms in total. The summed E-state index contributed by atoms with van der Waals surface area (Å²) in [5, 5.41) is 6.78. The number of hydrogen-bond acceptors (Lipinski definition) is 4. The van der Waals surface area contributed by atoms with Gasteiger partial charge < -0.3 is 14.7 Å². The number of anilines is 1. The SMILES string of the molecule is Cc1cc2c(cc1NC(=O)N(C)C(C)c1ccon1)n(C)c(=O)n2C. The van der Waals surface area contributed by atoms with Crippen LogP contribution in [0.1, 0.15) is 24.2 Å². The highest BCUT2D eigenvalue weighted by Gasteiger charge is 2.20. The Labute approximate surface area is 144 Å². The first-order valence-electron chi connectivity index (χ1n) is 7.91. The third-order valence-corrected chi connectivity index (χ3v) is 4.65. The summed E-state index contributed by atoms with van der Waals surface area (Å²) in [6.45, 7) is 3.77. The monoisotopic (exact) mass is 343 g/mol. The van der Waals surface area contributed by atoms with Crippen LogP contribution in [0, 0.1) is 6.92 Å². The Balaban J connectivity index is 1.89. The quantitative estimate of drug-likeness (QED) is 0.791. The van der Waals surface area contributed by atoms with Gasteiger partial charge in [-0.2, -0.15) is 0 Å². The van der Waals surface area contributed by atoms with Crippen LogP contribution in [0.5, 0.6) is 0 Å². The molecule has 0 aliphatic heterocycles. The smallest absolute Gasteiger partial charge is 0.328 e. The van der Waals surface area contributed by atoms with Gasteiger partial charge in [0, 0.05) is 32.9 Å². The Hall–Kier alpha value is -3.03. The minimum absolute atomic E-state index is 0.102. The summed E-state index contributed by atoms with van der Waals surface area (Å²) < 4.78 is 7.99. The fourth-order valence-electron chi connectivity index (χ4n) is 2.80. The second-order valence-corrected chi connectivity index (χ2v) is 6.20. The highest BCUT2D eigenvalue weighted by atomic mass is 16.5. The largest absolute Gasteiger partial charge is 0.364 e. The number of benzene rings is 1. The molecule has 0 aliphatic rings. The Morgan fingerprint density at radius 1 is 1.28 bits per heavy atom. The minimum atomic E-state index is -0.265. The molecule has 1 N–H and O–H groups in total. The average molecular weight is 343 g/mol. The van der Waals surface area contributed by atoms with Crippen LogP contribution in [0.3, 0.4) is 0 Å². The van der Waals surface area contributed by atoms with Crippen LogP contribution in [0.4, 0.5) is 10.5 Å². The predicted octanol–water partition coefficient (Wildman–Crippen LogP) is 2.40. The molecule has 3 rings (SSSR count). The van der Waals surface area contributed by atoms with Gasteiger partial charge >= 0.3 is 11.7 Å². The highest BCUT2D eigenvalue weighted by Crippen LogP contribution is 2.24. The Kier molecular flexibility index (Phi) is 4.12. The number of urea groups is 1. The summed E-state index contributed by atoms with van der Waals surface area (Å²) in [6, 6.07) is 4.94. The van der Waals surface area contributed by atoms with Crippen molar-refractivity contribution in [2.45, 2.75) is 19.9 Å². The van der Waals surface area contributed by atoms with Gasteiger partial charge in [0.25, 0.3) is 0 Å². The third kappa shape index (κ3) is 2.79. The molecular weight excluding hydrogens is 322 g/mol. The van der Waals surface area contributed by atoms with Gasteiger partial charge in [-0.1, -0.05) is 5.16 Å². The second kappa shape index (κ2) is 6.12. The number of imidazole rings is 1. The van der Waals surface area contributed by atoms with Gasteiger partial charge in [-0.05, 0) is 31.5 Å². The van der Waals surface area contributed by atoms with Crippen LogP contribution >= 0.6 is 0 Å². The first kappa shape index (κ1) is 16.8. The van der Waals surface area contributed by atoms with Crippen molar-refractivity contribution in [2.75, 3.05) is 12.4 Å². The van der Waals surface area contributed by atoms with Crippen LogP contribution in [0.25, 0.3) is 11.0 Å². The van der Waals surface area contributed by atoms with Crippen LogP contribution in [-0.2, 0) is 14.1 Å². The van der Waals surface area contributed by atoms with E-state index in [4.69, 9.17) is 4.52 Å². The third-order valence-electron chi connectivity index (χ3n) is 4.65. The Bertz CT molecular complexity index is 984. The average Bonchev–Trinajstić information content (AvgIpc) is 3.19. The summed E-state index contributed by atoms with van der Waals surface area (Å²) in [6.07, 6.45) is 1.48.